The van der Waals surface area contributed by atoms with Crippen molar-refractivity contribution in [3.8, 4) is 28.6 Å². The summed E-state index contributed by atoms with van der Waals surface area (Å²) in [6.07, 6.45) is 0. The van der Waals surface area contributed by atoms with E-state index in [0.717, 1.165) is 0 Å². The molecule has 2 heterocycles. The molecule has 2 aromatic heterocycles. The number of nitrogens with zero attached hydrogens (tertiary/aromatic N) is 3. The summed E-state index contributed by atoms with van der Waals surface area (Å²) in [5.41, 5.74) is 2.06. The molecular formula is C24H21FN4O4. The molecule has 33 heavy (non-hydrogen) atoms. The first-order valence-corrected chi connectivity index (χ1v) is 10.1. The van der Waals surface area contributed by atoms with E-state index in [1.54, 1.807) is 44.2 Å². The van der Waals surface area contributed by atoms with Crippen LogP contribution in [0.1, 0.15) is 11.3 Å². The number of nitrogens with one attached hydrogen (secondary N) is 1. The van der Waals surface area contributed by atoms with E-state index in [2.05, 4.69) is 15.5 Å². The van der Waals surface area contributed by atoms with Crippen LogP contribution in [0.15, 0.2) is 63.9 Å². The summed E-state index contributed by atoms with van der Waals surface area (Å²) in [7, 11) is 1.51. The van der Waals surface area contributed by atoms with E-state index < -0.39 is 11.5 Å². The van der Waals surface area contributed by atoms with Crippen LogP contribution in [0, 0.1) is 19.7 Å². The van der Waals surface area contributed by atoms with Gasteiger partial charge in [0.15, 0.2) is 0 Å². The molecule has 2 aromatic carbocycles. The quantitative estimate of drug-likeness (QED) is 0.479. The number of para-hydroxylation sites is 2. The minimum absolute atomic E-state index is 0.0238. The first-order valence-electron chi connectivity index (χ1n) is 10.1. The van der Waals surface area contributed by atoms with E-state index in [4.69, 9.17) is 9.26 Å². The molecule has 0 aliphatic heterocycles. The molecule has 1 amide bonds. The van der Waals surface area contributed by atoms with Gasteiger partial charge in [-0.3, -0.25) is 9.59 Å². The summed E-state index contributed by atoms with van der Waals surface area (Å²) >= 11 is 0. The van der Waals surface area contributed by atoms with Crippen molar-refractivity contribution < 1.29 is 18.4 Å². The lowest BCUT2D eigenvalue weighted by Gasteiger charge is -2.14. The Hall–Kier alpha value is -4.27. The standard InChI is InChI=1S/C24H21FN4O4/c1-14-12-15(2)29(13-20(30)26-18-6-4-5-7-19(18)32-3)24(31)21(14)23-27-22(28-33-23)16-8-10-17(25)11-9-16/h4-12H,13H2,1-3H3,(H,26,30). The lowest BCUT2D eigenvalue weighted by molar-refractivity contribution is -0.116. The number of aromatic nitrogens is 3. The number of pyridine rings is 1. The maximum absolute atomic E-state index is 13.3. The average Bonchev–Trinajstić information content (AvgIpc) is 3.27. The van der Waals surface area contributed by atoms with Gasteiger partial charge in [-0.05, 0) is 61.9 Å². The predicted octanol–water partition coefficient (Wildman–Crippen LogP) is 3.97. The third-order valence-electron chi connectivity index (χ3n) is 5.13. The van der Waals surface area contributed by atoms with Crippen molar-refractivity contribution in [3.63, 3.8) is 0 Å². The number of hydrogen-bond acceptors (Lipinski definition) is 6. The lowest BCUT2D eigenvalue weighted by Crippen LogP contribution is -2.30. The van der Waals surface area contributed by atoms with Crippen molar-refractivity contribution in [2.45, 2.75) is 20.4 Å². The summed E-state index contributed by atoms with van der Waals surface area (Å²) in [6, 6.07) is 14.4. The Kier molecular flexibility index (Phi) is 6.03. The van der Waals surface area contributed by atoms with Gasteiger partial charge >= 0.3 is 0 Å². The van der Waals surface area contributed by atoms with Crippen molar-refractivity contribution in [1.29, 1.82) is 0 Å². The maximum atomic E-state index is 13.3. The molecule has 9 heteroatoms. The van der Waals surface area contributed by atoms with Crippen LogP contribution >= 0.6 is 0 Å². The van der Waals surface area contributed by atoms with E-state index in [1.165, 1.54) is 35.9 Å². The van der Waals surface area contributed by atoms with Crippen molar-refractivity contribution in [2.24, 2.45) is 0 Å². The fraction of sp³-hybridized carbons (Fsp3) is 0.167. The Morgan fingerprint density at radius 2 is 1.88 bits per heavy atom. The fourth-order valence-corrected chi connectivity index (χ4v) is 3.51. The molecule has 0 radical (unpaired) electrons. The zero-order chi connectivity index (χ0) is 23.5. The number of carbonyl (C=O) groups excluding carboxylic acids is 1. The lowest BCUT2D eigenvalue weighted by atomic mass is 10.1. The molecule has 4 aromatic rings. The van der Waals surface area contributed by atoms with Gasteiger partial charge in [-0.2, -0.15) is 4.98 Å². The van der Waals surface area contributed by atoms with Gasteiger partial charge in [-0.25, -0.2) is 4.39 Å². The molecule has 0 saturated heterocycles. The number of rotatable bonds is 6. The van der Waals surface area contributed by atoms with E-state index >= 15 is 0 Å². The zero-order valence-electron chi connectivity index (χ0n) is 18.3. The van der Waals surface area contributed by atoms with Gasteiger partial charge in [-0.1, -0.05) is 17.3 Å². The molecule has 1 N–H and O–H groups in total. The highest BCUT2D eigenvalue weighted by molar-refractivity contribution is 5.92. The van der Waals surface area contributed by atoms with Crippen molar-refractivity contribution >= 4 is 11.6 Å². The van der Waals surface area contributed by atoms with E-state index in [-0.39, 0.29) is 29.6 Å². The number of amides is 1. The largest absolute Gasteiger partial charge is 0.495 e. The molecule has 0 unspecified atom stereocenters. The molecule has 0 bridgehead atoms. The fourth-order valence-electron chi connectivity index (χ4n) is 3.51. The summed E-state index contributed by atoms with van der Waals surface area (Å²) < 4.78 is 25.1. The maximum Gasteiger partial charge on any atom is 0.264 e. The number of carbonyl (C=O) groups is 1. The molecule has 0 atom stereocenters. The van der Waals surface area contributed by atoms with Crippen LogP contribution in [0.25, 0.3) is 22.8 Å². The normalized spacial score (nSPS) is 10.8. The molecular weight excluding hydrogens is 427 g/mol. The van der Waals surface area contributed by atoms with Gasteiger partial charge in [0.1, 0.15) is 23.7 Å². The number of anilines is 1. The Labute approximate surface area is 188 Å². The minimum Gasteiger partial charge on any atom is -0.495 e. The van der Waals surface area contributed by atoms with E-state index in [0.29, 0.717) is 28.3 Å². The molecule has 0 spiro atoms. The summed E-state index contributed by atoms with van der Waals surface area (Å²) in [5, 5.41) is 6.68. The first kappa shape index (κ1) is 21.9. The van der Waals surface area contributed by atoms with Crippen molar-refractivity contribution in [3.05, 3.63) is 82.0 Å². The molecule has 168 valence electrons. The van der Waals surface area contributed by atoms with Crippen molar-refractivity contribution in [2.75, 3.05) is 12.4 Å². The first-order chi connectivity index (χ1) is 15.9. The second kappa shape index (κ2) is 9.07. The Morgan fingerprint density at radius 1 is 1.15 bits per heavy atom. The number of aryl methyl sites for hydroxylation is 2. The van der Waals surface area contributed by atoms with Crippen LogP contribution in [0.3, 0.4) is 0 Å². The van der Waals surface area contributed by atoms with Crippen LogP contribution in [-0.2, 0) is 11.3 Å². The van der Waals surface area contributed by atoms with Crippen LogP contribution in [0.4, 0.5) is 10.1 Å². The molecule has 8 nitrogen and oxygen atoms in total. The minimum atomic E-state index is -0.433. The van der Waals surface area contributed by atoms with Gasteiger partial charge in [-0.15, -0.1) is 0 Å². The number of hydrogen-bond donors (Lipinski definition) is 1. The third-order valence-corrected chi connectivity index (χ3v) is 5.13. The number of methoxy groups -OCH3 is 1. The van der Waals surface area contributed by atoms with Crippen molar-refractivity contribution in [1.82, 2.24) is 14.7 Å². The molecule has 0 aliphatic carbocycles. The van der Waals surface area contributed by atoms with Crippen LogP contribution in [-0.4, -0.2) is 27.7 Å². The van der Waals surface area contributed by atoms with Gasteiger partial charge in [0.05, 0.1) is 12.8 Å². The number of ether oxygens (including phenoxy) is 1. The van der Waals surface area contributed by atoms with Gasteiger partial charge in [0.25, 0.3) is 11.4 Å². The van der Waals surface area contributed by atoms with Gasteiger partial charge in [0, 0.05) is 11.3 Å². The van der Waals surface area contributed by atoms with Crippen LogP contribution in [0.5, 0.6) is 5.75 Å². The predicted molar refractivity (Wildman–Crippen MR) is 120 cm³/mol. The second-order valence-electron chi connectivity index (χ2n) is 7.41. The Bertz CT molecular complexity index is 1380. The monoisotopic (exact) mass is 448 g/mol. The molecule has 0 fully saturated rings. The van der Waals surface area contributed by atoms with Gasteiger partial charge < -0.3 is 19.1 Å². The topological polar surface area (TPSA) is 99.2 Å². The molecule has 0 saturated carbocycles. The molecule has 4 rings (SSSR count). The highest BCUT2D eigenvalue weighted by Crippen LogP contribution is 2.24. The molecule has 0 aliphatic rings. The summed E-state index contributed by atoms with van der Waals surface area (Å²) in [4.78, 5) is 30.3. The second-order valence-corrected chi connectivity index (χ2v) is 7.41. The zero-order valence-corrected chi connectivity index (χ0v) is 18.3. The Morgan fingerprint density at radius 3 is 2.61 bits per heavy atom. The Balaban J connectivity index is 1.65. The van der Waals surface area contributed by atoms with Crippen LogP contribution in [0.2, 0.25) is 0 Å². The average molecular weight is 448 g/mol. The van der Waals surface area contributed by atoms with Gasteiger partial charge in [0.2, 0.25) is 11.7 Å². The smallest absolute Gasteiger partial charge is 0.264 e. The highest BCUT2D eigenvalue weighted by Gasteiger charge is 2.20. The van der Waals surface area contributed by atoms with E-state index in [9.17, 15) is 14.0 Å². The number of benzene rings is 2. The number of halogens is 1. The SMILES string of the molecule is COc1ccccc1NC(=O)Cn1c(C)cc(C)c(-c2nc(-c3ccc(F)cc3)no2)c1=O. The third kappa shape index (κ3) is 4.52. The highest BCUT2D eigenvalue weighted by atomic mass is 19.1. The van der Waals surface area contributed by atoms with E-state index in [1.807, 2.05) is 0 Å². The summed E-state index contributed by atoms with van der Waals surface area (Å²) in [5.74, 6) is -0.0117. The summed E-state index contributed by atoms with van der Waals surface area (Å²) in [6.45, 7) is 3.28. The van der Waals surface area contributed by atoms with Crippen LogP contribution < -0.4 is 15.6 Å².